The van der Waals surface area contributed by atoms with Crippen molar-refractivity contribution in [3.8, 4) is 0 Å². The molecule has 2 N–H and O–H groups in total. The Balaban J connectivity index is 1.87. The molecule has 0 bridgehead atoms. The smallest absolute Gasteiger partial charge is 0.309 e. The van der Waals surface area contributed by atoms with E-state index in [4.69, 9.17) is 14.2 Å². The summed E-state index contributed by atoms with van der Waals surface area (Å²) in [6.45, 7) is 10.1. The maximum absolute atomic E-state index is 15.2. The molecule has 2 saturated heterocycles. The van der Waals surface area contributed by atoms with Crippen molar-refractivity contribution in [3.05, 3.63) is 21.7 Å². The van der Waals surface area contributed by atoms with Crippen LogP contribution in [0, 0.1) is 18.3 Å². The van der Waals surface area contributed by atoms with Gasteiger partial charge >= 0.3 is 5.97 Å². The molecule has 1 aromatic rings. The molecule has 0 spiro atoms. The van der Waals surface area contributed by atoms with E-state index in [1.54, 1.807) is 40.7 Å². The van der Waals surface area contributed by atoms with Crippen LogP contribution >= 0.6 is 11.3 Å². The van der Waals surface area contributed by atoms with Gasteiger partial charge in [0.1, 0.15) is 18.0 Å². The Bertz CT molecular complexity index is 979. The fourth-order valence-electron chi connectivity index (χ4n) is 4.59. The number of aliphatic hydroxyl groups excluding tert-OH is 2. The summed E-state index contributed by atoms with van der Waals surface area (Å²) >= 11 is 1.49. The third kappa shape index (κ3) is 6.58. The van der Waals surface area contributed by atoms with E-state index in [1.165, 1.54) is 11.3 Å². The first-order valence-electron chi connectivity index (χ1n) is 12.5. The molecule has 2 fully saturated rings. The predicted molar refractivity (Wildman–Crippen MR) is 133 cm³/mol. The third-order valence-electron chi connectivity index (χ3n) is 7.31. The van der Waals surface area contributed by atoms with Crippen LogP contribution in [0.5, 0.6) is 0 Å². The summed E-state index contributed by atoms with van der Waals surface area (Å²) in [5.41, 5.74) is 0.0557. The number of aryl methyl sites for hydroxylation is 1. The summed E-state index contributed by atoms with van der Waals surface area (Å²) in [6, 6.07) is 0. The minimum atomic E-state index is -1.93. The SMILES string of the molecule is CC[C@H]1C(=O)C(C)(C)[C@@H](O)CC(=O)O[C@H](C(C)=Cc2csc(C)n2)C[C@@H]2O[C@]2(F)CCO[C@@H](C)[C@H]1O. The molecular formula is C26H38FNO7S. The minimum absolute atomic E-state index is 0.0146. The van der Waals surface area contributed by atoms with E-state index in [-0.39, 0.29) is 25.2 Å². The number of nitrogens with zero attached hydrogens (tertiary/aromatic N) is 1. The highest BCUT2D eigenvalue weighted by molar-refractivity contribution is 7.09. The lowest BCUT2D eigenvalue weighted by atomic mass is 9.73. The van der Waals surface area contributed by atoms with E-state index in [1.807, 2.05) is 12.3 Å². The largest absolute Gasteiger partial charge is 0.458 e. The first kappa shape index (κ1) is 28.8. The fourth-order valence-corrected chi connectivity index (χ4v) is 5.16. The van der Waals surface area contributed by atoms with Gasteiger partial charge in [0.15, 0.2) is 0 Å². The van der Waals surface area contributed by atoms with Gasteiger partial charge in [-0.05, 0) is 38.8 Å². The van der Waals surface area contributed by atoms with Crippen molar-refractivity contribution in [2.45, 2.75) is 104 Å². The molecule has 202 valence electrons. The van der Waals surface area contributed by atoms with Crippen molar-refractivity contribution in [1.82, 2.24) is 4.98 Å². The number of Topliss-reactive ketones (excluding diaryl/α,β-unsaturated/α-hetero) is 1. The van der Waals surface area contributed by atoms with Crippen LogP contribution in [-0.2, 0) is 23.8 Å². The van der Waals surface area contributed by atoms with Gasteiger partial charge in [-0.1, -0.05) is 20.8 Å². The Labute approximate surface area is 215 Å². The summed E-state index contributed by atoms with van der Waals surface area (Å²) in [5.74, 6) is -3.83. The van der Waals surface area contributed by atoms with Crippen LogP contribution < -0.4 is 0 Å². The lowest BCUT2D eigenvalue weighted by Crippen LogP contribution is -2.48. The van der Waals surface area contributed by atoms with Crippen LogP contribution in [-0.4, -0.2) is 69.9 Å². The van der Waals surface area contributed by atoms with Crippen molar-refractivity contribution in [3.63, 3.8) is 0 Å². The van der Waals surface area contributed by atoms with Crippen LogP contribution in [0.25, 0.3) is 6.08 Å². The second-order valence-electron chi connectivity index (χ2n) is 10.4. The predicted octanol–water partition coefficient (Wildman–Crippen LogP) is 3.76. The average Bonchev–Trinajstić information content (AvgIpc) is 3.24. The molecule has 36 heavy (non-hydrogen) atoms. The summed E-state index contributed by atoms with van der Waals surface area (Å²) in [5, 5.41) is 24.4. The van der Waals surface area contributed by atoms with Gasteiger partial charge in [0.2, 0.25) is 5.85 Å². The van der Waals surface area contributed by atoms with Gasteiger partial charge in [0.25, 0.3) is 0 Å². The summed E-state index contributed by atoms with van der Waals surface area (Å²) in [7, 11) is 0. The monoisotopic (exact) mass is 527 g/mol. The Hall–Kier alpha value is -1.72. The number of ketones is 1. The Morgan fingerprint density at radius 2 is 2.03 bits per heavy atom. The maximum Gasteiger partial charge on any atom is 0.309 e. The molecule has 7 atom stereocenters. The second-order valence-corrected chi connectivity index (χ2v) is 11.5. The topological polar surface area (TPSA) is 118 Å². The number of aromatic nitrogens is 1. The van der Waals surface area contributed by atoms with Crippen LogP contribution in [0.15, 0.2) is 11.0 Å². The third-order valence-corrected chi connectivity index (χ3v) is 8.10. The number of ether oxygens (including phenoxy) is 3. The molecule has 0 aliphatic carbocycles. The molecule has 0 unspecified atom stereocenters. The summed E-state index contributed by atoms with van der Waals surface area (Å²) < 4.78 is 31.9. The van der Waals surface area contributed by atoms with Gasteiger partial charge in [-0.15, -0.1) is 11.3 Å². The van der Waals surface area contributed by atoms with Crippen molar-refractivity contribution in [2.75, 3.05) is 6.61 Å². The van der Waals surface area contributed by atoms with Gasteiger partial charge in [0, 0.05) is 24.1 Å². The zero-order chi connectivity index (χ0) is 26.8. The van der Waals surface area contributed by atoms with Crippen LogP contribution in [0.2, 0.25) is 0 Å². The molecule has 1 aromatic heterocycles. The van der Waals surface area contributed by atoms with Crippen LogP contribution in [0.1, 0.15) is 71.0 Å². The zero-order valence-electron chi connectivity index (χ0n) is 21.8. The van der Waals surface area contributed by atoms with Gasteiger partial charge in [-0.2, -0.15) is 0 Å². The number of rotatable bonds is 3. The van der Waals surface area contributed by atoms with Crippen molar-refractivity contribution in [1.29, 1.82) is 0 Å². The number of aliphatic hydroxyl groups is 2. The first-order chi connectivity index (χ1) is 16.8. The second kappa shape index (κ2) is 11.3. The molecule has 2 aliphatic rings. The van der Waals surface area contributed by atoms with Crippen molar-refractivity contribution >= 4 is 29.2 Å². The van der Waals surface area contributed by atoms with E-state index in [9.17, 15) is 19.8 Å². The Kier molecular flexibility index (Phi) is 9.09. The number of fused-ring (bicyclic) bond motifs is 1. The number of carbonyl (C=O) groups is 2. The highest BCUT2D eigenvalue weighted by atomic mass is 32.1. The number of hydrogen-bond acceptors (Lipinski definition) is 9. The maximum atomic E-state index is 15.2. The average molecular weight is 528 g/mol. The molecule has 3 heterocycles. The molecule has 0 aromatic carbocycles. The van der Waals surface area contributed by atoms with Crippen LogP contribution in [0.4, 0.5) is 4.39 Å². The number of esters is 1. The molecule has 0 radical (unpaired) electrons. The molecule has 3 rings (SSSR count). The zero-order valence-corrected chi connectivity index (χ0v) is 22.6. The highest BCUT2D eigenvalue weighted by Crippen LogP contribution is 2.45. The summed E-state index contributed by atoms with van der Waals surface area (Å²) in [4.78, 5) is 30.6. The van der Waals surface area contributed by atoms with Gasteiger partial charge < -0.3 is 24.4 Å². The standard InChI is InChI=1S/C26H38FNO7S/c1-7-18-23(31)15(3)33-9-8-26(27)21(35-26)11-19(14(2)10-17-13-36-16(4)28-17)34-22(30)12-20(29)25(5,6)24(18)32/h10,13,15,18-21,23,29,31H,7-9,11-12H2,1-6H3/t15-,18+,19-,20-,21-,23+,26+/m0/s1. The number of epoxide rings is 1. The molecule has 10 heteroatoms. The van der Waals surface area contributed by atoms with Crippen LogP contribution in [0.3, 0.4) is 0 Å². The number of thiazole rings is 1. The number of carbonyl (C=O) groups excluding carboxylic acids is 2. The Morgan fingerprint density at radius 1 is 1.33 bits per heavy atom. The summed E-state index contributed by atoms with van der Waals surface area (Å²) in [6.07, 6.45) is -3.11. The number of hydrogen-bond donors (Lipinski definition) is 2. The quantitative estimate of drug-likeness (QED) is 0.451. The van der Waals surface area contributed by atoms with E-state index in [2.05, 4.69) is 4.98 Å². The lowest BCUT2D eigenvalue weighted by Gasteiger charge is -2.35. The molecular weight excluding hydrogens is 489 g/mol. The van der Waals surface area contributed by atoms with E-state index in [0.29, 0.717) is 17.7 Å². The van der Waals surface area contributed by atoms with E-state index < -0.39 is 60.1 Å². The first-order valence-corrected chi connectivity index (χ1v) is 13.3. The normalized spacial score (nSPS) is 36.8. The van der Waals surface area contributed by atoms with Crippen molar-refractivity contribution in [2.24, 2.45) is 11.3 Å². The Morgan fingerprint density at radius 3 is 2.64 bits per heavy atom. The molecule has 2 aliphatic heterocycles. The van der Waals surface area contributed by atoms with Crippen molar-refractivity contribution < 1.29 is 38.4 Å². The number of alkyl halides is 1. The number of halogens is 1. The molecule has 0 amide bonds. The van der Waals surface area contributed by atoms with Gasteiger partial charge in [-0.25, -0.2) is 9.37 Å². The highest BCUT2D eigenvalue weighted by Gasteiger charge is 2.58. The lowest BCUT2D eigenvalue weighted by molar-refractivity contribution is -0.155. The molecule has 0 saturated carbocycles. The fraction of sp³-hybridized carbons (Fsp3) is 0.731. The minimum Gasteiger partial charge on any atom is -0.458 e. The van der Waals surface area contributed by atoms with Gasteiger partial charge in [0.05, 0.1) is 47.5 Å². The number of cyclic esters (lactones) is 1. The molecule has 8 nitrogen and oxygen atoms in total. The van der Waals surface area contributed by atoms with Gasteiger partial charge in [-0.3, -0.25) is 9.59 Å². The van der Waals surface area contributed by atoms with E-state index in [0.717, 1.165) is 5.01 Å². The van der Waals surface area contributed by atoms with E-state index >= 15 is 4.39 Å².